The van der Waals surface area contributed by atoms with Crippen molar-refractivity contribution in [3.05, 3.63) is 59.4 Å². The fourth-order valence-electron chi connectivity index (χ4n) is 1.86. The Kier molecular flexibility index (Phi) is 5.22. The van der Waals surface area contributed by atoms with Crippen LogP contribution in [0.3, 0.4) is 0 Å². The quantitative estimate of drug-likeness (QED) is 0.798. The topological polar surface area (TPSA) is 21.3 Å². The van der Waals surface area contributed by atoms with Gasteiger partial charge in [0.25, 0.3) is 0 Å². The van der Waals surface area contributed by atoms with Gasteiger partial charge in [0.1, 0.15) is 17.4 Å². The summed E-state index contributed by atoms with van der Waals surface area (Å²) in [6.07, 6.45) is 0.995. The van der Waals surface area contributed by atoms with Gasteiger partial charge in [0.2, 0.25) is 0 Å². The minimum absolute atomic E-state index is 0.0701. The van der Waals surface area contributed by atoms with Crippen LogP contribution in [0.25, 0.3) is 0 Å². The molecule has 0 saturated carbocycles. The first-order valence-corrected chi connectivity index (χ1v) is 6.71. The second-order valence-corrected chi connectivity index (χ2v) is 4.65. The Balaban J connectivity index is 2.10. The molecule has 1 N–H and O–H groups in total. The summed E-state index contributed by atoms with van der Waals surface area (Å²) < 4.78 is 45.2. The van der Waals surface area contributed by atoms with E-state index in [1.165, 1.54) is 12.1 Å². The van der Waals surface area contributed by atoms with E-state index in [0.717, 1.165) is 36.7 Å². The monoisotopic (exact) mass is 295 g/mol. The second kappa shape index (κ2) is 7.13. The van der Waals surface area contributed by atoms with Crippen molar-refractivity contribution in [3.8, 4) is 11.5 Å². The average Bonchev–Trinajstić information content (AvgIpc) is 2.41. The van der Waals surface area contributed by atoms with Gasteiger partial charge in [-0.05, 0) is 30.7 Å². The highest BCUT2D eigenvalue weighted by Gasteiger charge is 2.08. The first-order chi connectivity index (χ1) is 10.1. The minimum atomic E-state index is -0.772. The van der Waals surface area contributed by atoms with Crippen LogP contribution in [0, 0.1) is 17.5 Å². The molecule has 5 heteroatoms. The van der Waals surface area contributed by atoms with Gasteiger partial charge in [0, 0.05) is 24.7 Å². The van der Waals surface area contributed by atoms with Crippen LogP contribution >= 0.6 is 0 Å². The molecule has 0 saturated heterocycles. The van der Waals surface area contributed by atoms with Crippen molar-refractivity contribution >= 4 is 0 Å². The number of nitrogens with one attached hydrogen (secondary N) is 1. The van der Waals surface area contributed by atoms with Crippen LogP contribution in [-0.2, 0) is 6.54 Å². The highest BCUT2D eigenvalue weighted by Crippen LogP contribution is 2.26. The Bertz CT molecular complexity index is 596. The molecule has 0 heterocycles. The van der Waals surface area contributed by atoms with Gasteiger partial charge < -0.3 is 10.1 Å². The van der Waals surface area contributed by atoms with Gasteiger partial charge in [0.05, 0.1) is 0 Å². The molecule has 0 spiro atoms. The Morgan fingerprint density at radius 1 is 1.00 bits per heavy atom. The Labute approximate surface area is 121 Å². The summed E-state index contributed by atoms with van der Waals surface area (Å²) in [6.45, 7) is 3.45. The summed E-state index contributed by atoms with van der Waals surface area (Å²) in [5, 5.41) is 3.16. The molecule has 0 aliphatic rings. The van der Waals surface area contributed by atoms with Gasteiger partial charge in [-0.3, -0.25) is 0 Å². The number of halogens is 3. The van der Waals surface area contributed by atoms with Gasteiger partial charge in [-0.25, -0.2) is 13.2 Å². The maximum atomic E-state index is 13.9. The number of hydrogen-bond acceptors (Lipinski definition) is 2. The van der Waals surface area contributed by atoms with Gasteiger partial charge in [-0.2, -0.15) is 0 Å². The molecule has 0 amide bonds. The number of benzene rings is 2. The third kappa shape index (κ3) is 4.49. The van der Waals surface area contributed by atoms with Crippen LogP contribution in [-0.4, -0.2) is 6.54 Å². The van der Waals surface area contributed by atoms with Crippen molar-refractivity contribution in [1.82, 2.24) is 5.32 Å². The third-order valence-electron chi connectivity index (χ3n) is 2.82. The first kappa shape index (κ1) is 15.4. The minimum Gasteiger partial charge on any atom is -0.454 e. The first-order valence-electron chi connectivity index (χ1n) is 6.71. The summed E-state index contributed by atoms with van der Waals surface area (Å²) in [7, 11) is 0. The molecule has 112 valence electrons. The van der Waals surface area contributed by atoms with E-state index in [4.69, 9.17) is 4.74 Å². The van der Waals surface area contributed by atoms with E-state index in [-0.39, 0.29) is 11.5 Å². The molecule has 2 aromatic carbocycles. The molecule has 0 fully saturated rings. The van der Waals surface area contributed by atoms with Crippen molar-refractivity contribution < 1.29 is 17.9 Å². The van der Waals surface area contributed by atoms with Crippen LogP contribution in [0.4, 0.5) is 13.2 Å². The Hall–Kier alpha value is -2.01. The smallest absolute Gasteiger partial charge is 0.166 e. The number of hydrogen-bond donors (Lipinski definition) is 1. The summed E-state index contributed by atoms with van der Waals surface area (Å²) in [5.74, 6) is -2.27. The van der Waals surface area contributed by atoms with E-state index in [0.29, 0.717) is 6.54 Å². The third-order valence-corrected chi connectivity index (χ3v) is 2.82. The van der Waals surface area contributed by atoms with Crippen molar-refractivity contribution in [2.75, 3.05) is 6.54 Å². The molecule has 0 radical (unpaired) electrons. The van der Waals surface area contributed by atoms with E-state index in [2.05, 4.69) is 5.32 Å². The lowest BCUT2D eigenvalue weighted by Crippen LogP contribution is -2.13. The molecule has 2 rings (SSSR count). The van der Waals surface area contributed by atoms with E-state index in [1.807, 2.05) is 6.92 Å². The van der Waals surface area contributed by atoms with E-state index in [9.17, 15) is 13.2 Å². The Morgan fingerprint density at radius 3 is 2.33 bits per heavy atom. The molecule has 0 aromatic heterocycles. The maximum absolute atomic E-state index is 13.9. The summed E-state index contributed by atoms with van der Waals surface area (Å²) >= 11 is 0. The zero-order chi connectivity index (χ0) is 15.2. The lowest BCUT2D eigenvalue weighted by atomic mass is 10.2. The fourth-order valence-corrected chi connectivity index (χ4v) is 1.86. The number of ether oxygens (including phenoxy) is 1. The van der Waals surface area contributed by atoms with E-state index >= 15 is 0 Å². The largest absolute Gasteiger partial charge is 0.454 e. The molecular weight excluding hydrogens is 279 g/mol. The van der Waals surface area contributed by atoms with Crippen LogP contribution in [0.5, 0.6) is 11.5 Å². The van der Waals surface area contributed by atoms with Gasteiger partial charge in [-0.15, -0.1) is 0 Å². The molecule has 2 nitrogen and oxygen atoms in total. The van der Waals surface area contributed by atoms with Crippen LogP contribution in [0.15, 0.2) is 36.4 Å². The predicted molar refractivity (Wildman–Crippen MR) is 74.8 cm³/mol. The zero-order valence-electron chi connectivity index (χ0n) is 11.6. The highest BCUT2D eigenvalue weighted by atomic mass is 19.1. The lowest BCUT2D eigenvalue weighted by Gasteiger charge is -2.09. The van der Waals surface area contributed by atoms with Crippen LogP contribution in [0.1, 0.15) is 18.9 Å². The molecule has 2 aromatic rings. The van der Waals surface area contributed by atoms with Gasteiger partial charge >= 0.3 is 0 Å². The SMILES string of the molecule is CCCNCc1ccc(Oc2cc(F)cc(F)c2)c(F)c1. The fraction of sp³-hybridized carbons (Fsp3) is 0.250. The van der Waals surface area contributed by atoms with Crippen molar-refractivity contribution in [3.63, 3.8) is 0 Å². The van der Waals surface area contributed by atoms with Crippen LogP contribution in [0.2, 0.25) is 0 Å². The summed E-state index contributed by atoms with van der Waals surface area (Å²) in [5.41, 5.74) is 0.777. The van der Waals surface area contributed by atoms with Gasteiger partial charge in [-0.1, -0.05) is 13.0 Å². The number of rotatable bonds is 6. The molecule has 0 atom stereocenters. The average molecular weight is 295 g/mol. The zero-order valence-corrected chi connectivity index (χ0v) is 11.6. The highest BCUT2D eigenvalue weighted by molar-refractivity contribution is 5.35. The predicted octanol–water partition coefficient (Wildman–Crippen LogP) is 4.40. The molecule has 0 unspecified atom stereocenters. The van der Waals surface area contributed by atoms with Crippen molar-refractivity contribution in [1.29, 1.82) is 0 Å². The van der Waals surface area contributed by atoms with E-state index < -0.39 is 17.5 Å². The maximum Gasteiger partial charge on any atom is 0.166 e. The normalized spacial score (nSPS) is 10.7. The summed E-state index contributed by atoms with van der Waals surface area (Å²) in [6, 6.07) is 7.22. The summed E-state index contributed by atoms with van der Waals surface area (Å²) in [4.78, 5) is 0. The lowest BCUT2D eigenvalue weighted by molar-refractivity contribution is 0.433. The van der Waals surface area contributed by atoms with E-state index in [1.54, 1.807) is 6.07 Å². The molecular formula is C16H16F3NO. The standard InChI is InChI=1S/C16H16F3NO/c1-2-5-20-10-11-3-4-16(15(19)6-11)21-14-8-12(17)7-13(18)9-14/h3-4,6-9,20H,2,5,10H2,1H3. The van der Waals surface area contributed by atoms with Crippen LogP contribution < -0.4 is 10.1 Å². The van der Waals surface area contributed by atoms with Crippen molar-refractivity contribution in [2.24, 2.45) is 0 Å². The Morgan fingerprint density at radius 2 is 1.71 bits per heavy atom. The van der Waals surface area contributed by atoms with Crippen molar-refractivity contribution in [2.45, 2.75) is 19.9 Å². The molecule has 0 aliphatic heterocycles. The molecule has 0 bridgehead atoms. The molecule has 0 aliphatic carbocycles. The van der Waals surface area contributed by atoms with Gasteiger partial charge in [0.15, 0.2) is 11.6 Å². The second-order valence-electron chi connectivity index (χ2n) is 4.65. The molecule has 21 heavy (non-hydrogen) atoms.